The minimum Gasteiger partial charge on any atom is -0.497 e. The molecule has 30 heavy (non-hydrogen) atoms. The van der Waals surface area contributed by atoms with Crippen LogP contribution in [0.15, 0.2) is 84.9 Å². The molecule has 0 fully saturated rings. The molecule has 0 saturated carbocycles. The number of aromatic nitrogens is 2. The Kier molecular flexibility index (Phi) is 5.75. The molecule has 1 heterocycles. The second-order valence-corrected chi connectivity index (χ2v) is 6.75. The number of nitrogens with zero attached hydrogens (tertiary/aromatic N) is 1. The van der Waals surface area contributed by atoms with Crippen molar-refractivity contribution in [1.82, 2.24) is 9.97 Å². The number of para-hydroxylation sites is 1. The smallest absolute Gasteiger partial charge is 0.326 e. The van der Waals surface area contributed by atoms with Gasteiger partial charge in [0.1, 0.15) is 5.75 Å². The fraction of sp³-hybridized carbons (Fsp3) is 0.0833. The van der Waals surface area contributed by atoms with Crippen molar-refractivity contribution in [1.29, 1.82) is 0 Å². The third kappa shape index (κ3) is 4.67. The van der Waals surface area contributed by atoms with Crippen LogP contribution in [0.2, 0.25) is 0 Å². The van der Waals surface area contributed by atoms with Crippen LogP contribution in [0.3, 0.4) is 0 Å². The van der Waals surface area contributed by atoms with Gasteiger partial charge in [-0.25, -0.2) is 9.78 Å². The predicted molar refractivity (Wildman–Crippen MR) is 119 cm³/mol. The highest BCUT2D eigenvalue weighted by molar-refractivity contribution is 5.98. The van der Waals surface area contributed by atoms with Gasteiger partial charge in [0.25, 0.3) is 0 Å². The van der Waals surface area contributed by atoms with Crippen LogP contribution in [0.4, 0.5) is 16.4 Å². The molecule has 150 valence electrons. The summed E-state index contributed by atoms with van der Waals surface area (Å²) in [6.07, 6.45) is 0.664. The largest absolute Gasteiger partial charge is 0.497 e. The van der Waals surface area contributed by atoms with Gasteiger partial charge in [-0.2, -0.15) is 0 Å². The Labute approximate surface area is 175 Å². The lowest BCUT2D eigenvalue weighted by molar-refractivity contribution is 0.262. The maximum Gasteiger partial charge on any atom is 0.326 e. The maximum absolute atomic E-state index is 12.4. The number of carbonyl (C=O) groups is 1. The van der Waals surface area contributed by atoms with Gasteiger partial charge in [0.05, 0.1) is 12.8 Å². The van der Waals surface area contributed by atoms with E-state index >= 15 is 0 Å². The summed E-state index contributed by atoms with van der Waals surface area (Å²) in [5.41, 5.74) is 4.50. The van der Waals surface area contributed by atoms with E-state index in [9.17, 15) is 4.79 Å². The van der Waals surface area contributed by atoms with E-state index < -0.39 is 0 Å². The molecule has 1 aromatic heterocycles. The molecule has 4 rings (SSSR count). The van der Waals surface area contributed by atoms with Crippen molar-refractivity contribution in [3.63, 3.8) is 0 Å². The number of carbonyl (C=O) groups excluding carboxylic acids is 1. The third-order valence-electron chi connectivity index (χ3n) is 4.63. The van der Waals surface area contributed by atoms with Gasteiger partial charge in [-0.15, -0.1) is 0 Å². The zero-order chi connectivity index (χ0) is 20.8. The minimum atomic E-state index is -0.359. The van der Waals surface area contributed by atoms with Crippen molar-refractivity contribution in [2.45, 2.75) is 6.42 Å². The standard InChI is InChI=1S/C24H22N4O2/c1-30-20-14-12-18(13-15-20)22-21(16-17-8-4-2-5-9-17)26-23(27-22)28-24(29)25-19-10-6-3-7-11-19/h2-15H,16H2,1H3,(H3,25,26,27,28,29). The first kappa shape index (κ1) is 19.3. The van der Waals surface area contributed by atoms with E-state index in [1.165, 1.54) is 0 Å². The van der Waals surface area contributed by atoms with E-state index in [2.05, 4.69) is 32.7 Å². The van der Waals surface area contributed by atoms with E-state index in [0.717, 1.165) is 28.3 Å². The lowest BCUT2D eigenvalue weighted by atomic mass is 10.0. The van der Waals surface area contributed by atoms with Crippen molar-refractivity contribution < 1.29 is 9.53 Å². The number of amides is 2. The van der Waals surface area contributed by atoms with Crippen LogP contribution in [-0.2, 0) is 6.42 Å². The van der Waals surface area contributed by atoms with E-state index in [4.69, 9.17) is 4.74 Å². The van der Waals surface area contributed by atoms with Gasteiger partial charge < -0.3 is 15.0 Å². The van der Waals surface area contributed by atoms with Crippen LogP contribution >= 0.6 is 0 Å². The van der Waals surface area contributed by atoms with Gasteiger partial charge in [-0.3, -0.25) is 5.32 Å². The molecule has 0 atom stereocenters. The van der Waals surface area contributed by atoms with Crippen LogP contribution < -0.4 is 15.4 Å². The summed E-state index contributed by atoms with van der Waals surface area (Å²) < 4.78 is 5.25. The van der Waals surface area contributed by atoms with Gasteiger partial charge in [0.15, 0.2) is 0 Å². The molecule has 0 aliphatic carbocycles. The Morgan fingerprint density at radius 2 is 1.57 bits per heavy atom. The number of urea groups is 1. The fourth-order valence-electron chi connectivity index (χ4n) is 3.18. The molecular formula is C24H22N4O2. The second-order valence-electron chi connectivity index (χ2n) is 6.75. The summed E-state index contributed by atoms with van der Waals surface area (Å²) in [5, 5.41) is 5.58. The van der Waals surface area contributed by atoms with Crippen LogP contribution in [-0.4, -0.2) is 23.1 Å². The summed E-state index contributed by atoms with van der Waals surface area (Å²) in [7, 11) is 1.64. The molecule has 6 nitrogen and oxygen atoms in total. The zero-order valence-corrected chi connectivity index (χ0v) is 16.6. The summed E-state index contributed by atoms with van der Waals surface area (Å²) >= 11 is 0. The first-order valence-electron chi connectivity index (χ1n) is 9.61. The van der Waals surface area contributed by atoms with E-state index in [1.807, 2.05) is 72.8 Å². The number of hydrogen-bond acceptors (Lipinski definition) is 3. The fourth-order valence-corrected chi connectivity index (χ4v) is 3.18. The molecule has 2 amide bonds. The number of methoxy groups -OCH3 is 1. The van der Waals surface area contributed by atoms with Gasteiger partial charge in [0, 0.05) is 23.4 Å². The second kappa shape index (κ2) is 8.96. The first-order valence-corrected chi connectivity index (χ1v) is 9.61. The molecule has 0 spiro atoms. The molecule has 0 saturated heterocycles. The monoisotopic (exact) mass is 398 g/mol. The molecular weight excluding hydrogens is 376 g/mol. The van der Waals surface area contributed by atoms with Gasteiger partial charge in [-0.1, -0.05) is 48.5 Å². The van der Waals surface area contributed by atoms with Gasteiger partial charge in [-0.05, 0) is 42.0 Å². The number of benzene rings is 3. The van der Waals surface area contributed by atoms with Gasteiger partial charge >= 0.3 is 6.03 Å². The number of nitrogens with one attached hydrogen (secondary N) is 3. The van der Waals surface area contributed by atoms with Crippen LogP contribution in [0.1, 0.15) is 11.3 Å². The van der Waals surface area contributed by atoms with Crippen molar-refractivity contribution in [3.8, 4) is 17.0 Å². The number of ether oxygens (including phenoxy) is 1. The molecule has 3 aromatic carbocycles. The van der Waals surface area contributed by atoms with Crippen molar-refractivity contribution in [3.05, 3.63) is 96.2 Å². The third-order valence-corrected chi connectivity index (χ3v) is 4.63. The highest BCUT2D eigenvalue weighted by Gasteiger charge is 2.15. The quantitative estimate of drug-likeness (QED) is 0.411. The lowest BCUT2D eigenvalue weighted by Gasteiger charge is -2.05. The summed E-state index contributed by atoms with van der Waals surface area (Å²) in [4.78, 5) is 20.3. The first-order chi connectivity index (χ1) is 14.7. The SMILES string of the molecule is COc1ccc(-c2nc(NC(=O)Nc3ccccc3)[nH]c2Cc2ccccc2)cc1. The number of H-pyrrole nitrogens is 1. The molecule has 0 unspecified atom stereocenters. The normalized spacial score (nSPS) is 10.4. The molecule has 0 aliphatic rings. The van der Waals surface area contributed by atoms with Crippen molar-refractivity contribution in [2.75, 3.05) is 17.7 Å². The zero-order valence-electron chi connectivity index (χ0n) is 16.6. The summed E-state index contributed by atoms with van der Waals surface area (Å²) in [6.45, 7) is 0. The van der Waals surface area contributed by atoms with Crippen LogP contribution in [0.25, 0.3) is 11.3 Å². The molecule has 0 radical (unpaired) electrons. The van der Waals surface area contributed by atoms with Crippen LogP contribution in [0.5, 0.6) is 5.75 Å². The Morgan fingerprint density at radius 3 is 2.23 bits per heavy atom. The topological polar surface area (TPSA) is 79.0 Å². The minimum absolute atomic E-state index is 0.359. The molecule has 0 bridgehead atoms. The average molecular weight is 398 g/mol. The van der Waals surface area contributed by atoms with Crippen LogP contribution in [0, 0.1) is 0 Å². The molecule has 0 aliphatic heterocycles. The number of aromatic amines is 1. The van der Waals surface area contributed by atoms with E-state index in [0.29, 0.717) is 18.1 Å². The number of imidazole rings is 1. The number of hydrogen-bond donors (Lipinski definition) is 3. The van der Waals surface area contributed by atoms with Crippen molar-refractivity contribution >= 4 is 17.7 Å². The molecule has 6 heteroatoms. The lowest BCUT2D eigenvalue weighted by Crippen LogP contribution is -2.20. The van der Waals surface area contributed by atoms with E-state index in [1.54, 1.807) is 7.11 Å². The Bertz CT molecular complexity index is 1110. The Balaban J connectivity index is 1.60. The van der Waals surface area contributed by atoms with Crippen molar-refractivity contribution in [2.24, 2.45) is 0 Å². The Morgan fingerprint density at radius 1 is 0.900 bits per heavy atom. The Hall–Kier alpha value is -4.06. The summed E-state index contributed by atoms with van der Waals surface area (Å²) in [6, 6.07) is 26.7. The maximum atomic E-state index is 12.4. The number of rotatable bonds is 6. The average Bonchev–Trinajstić information content (AvgIpc) is 3.17. The highest BCUT2D eigenvalue weighted by Crippen LogP contribution is 2.27. The number of anilines is 2. The van der Waals surface area contributed by atoms with Gasteiger partial charge in [0.2, 0.25) is 5.95 Å². The van der Waals surface area contributed by atoms with E-state index in [-0.39, 0.29) is 6.03 Å². The predicted octanol–water partition coefficient (Wildman–Crippen LogP) is 5.32. The summed E-state index contributed by atoms with van der Waals surface area (Å²) in [5.74, 6) is 1.17. The molecule has 4 aromatic rings. The highest BCUT2D eigenvalue weighted by atomic mass is 16.5. The molecule has 3 N–H and O–H groups in total.